The van der Waals surface area contributed by atoms with Crippen molar-refractivity contribution in [2.24, 2.45) is 0 Å². The Labute approximate surface area is 212 Å². The lowest BCUT2D eigenvalue weighted by atomic mass is 9.95. The number of carbonyl (C=O) groups excluding carboxylic acids is 1. The largest absolute Gasteiger partial charge is 0.421 e. The lowest BCUT2D eigenvalue weighted by molar-refractivity contribution is -0.258. The van der Waals surface area contributed by atoms with E-state index in [-0.39, 0.29) is 47.4 Å². The van der Waals surface area contributed by atoms with Gasteiger partial charge in [0.2, 0.25) is 5.91 Å². The first-order chi connectivity index (χ1) is 16.8. The highest BCUT2D eigenvalue weighted by Gasteiger charge is 2.51. The number of piperazine rings is 2. The van der Waals surface area contributed by atoms with Crippen molar-refractivity contribution >= 4 is 33.0 Å². The van der Waals surface area contributed by atoms with E-state index in [2.05, 4.69) is 5.32 Å². The molecule has 3 atom stereocenters. The molecular formula is C23H29F3N4O4S2. The molecule has 13 heteroatoms. The number of benzene rings is 1. The molecule has 2 fully saturated rings. The molecule has 198 valence electrons. The zero-order valence-corrected chi connectivity index (χ0v) is 21.5. The van der Waals surface area contributed by atoms with E-state index >= 15 is 0 Å². The first-order valence-corrected chi connectivity index (χ1v) is 13.8. The van der Waals surface area contributed by atoms with Crippen LogP contribution < -0.4 is 10.2 Å². The quantitative estimate of drug-likeness (QED) is 0.578. The summed E-state index contributed by atoms with van der Waals surface area (Å²) in [5, 5.41) is 14.5. The molecule has 1 aromatic heterocycles. The molecular weight excluding hydrogens is 517 g/mol. The summed E-state index contributed by atoms with van der Waals surface area (Å²) in [4.78, 5) is 16.0. The van der Waals surface area contributed by atoms with Crippen LogP contribution in [0.2, 0.25) is 0 Å². The molecule has 0 aliphatic carbocycles. The third-order valence-electron chi connectivity index (χ3n) is 6.86. The average molecular weight is 547 g/mol. The van der Waals surface area contributed by atoms with E-state index in [1.807, 2.05) is 16.7 Å². The zero-order chi connectivity index (χ0) is 26.3. The lowest BCUT2D eigenvalue weighted by Crippen LogP contribution is -2.62. The SMILES string of the molecule is C[C@H]1CNC(=O)CN1C[C@H]1CN(S(=O)(=O)c2cccs2)CCN1c1ccc([C@@](C)(O)C(F)(F)F)cc1. The summed E-state index contributed by atoms with van der Waals surface area (Å²) in [6, 6.07) is 8.43. The van der Waals surface area contributed by atoms with Crippen molar-refractivity contribution in [1.82, 2.24) is 14.5 Å². The monoisotopic (exact) mass is 546 g/mol. The van der Waals surface area contributed by atoms with Crippen LogP contribution in [0.4, 0.5) is 18.9 Å². The number of hydrogen-bond acceptors (Lipinski definition) is 7. The minimum absolute atomic E-state index is 0.0399. The minimum atomic E-state index is -4.83. The highest BCUT2D eigenvalue weighted by Crippen LogP contribution is 2.39. The summed E-state index contributed by atoms with van der Waals surface area (Å²) in [6.07, 6.45) is -4.83. The number of anilines is 1. The highest BCUT2D eigenvalue weighted by molar-refractivity contribution is 7.91. The van der Waals surface area contributed by atoms with Gasteiger partial charge in [0.1, 0.15) is 4.21 Å². The molecule has 8 nitrogen and oxygen atoms in total. The maximum Gasteiger partial charge on any atom is 0.421 e. The fourth-order valence-corrected chi connectivity index (χ4v) is 7.13. The number of hydrogen-bond donors (Lipinski definition) is 2. The summed E-state index contributed by atoms with van der Waals surface area (Å²) >= 11 is 1.14. The van der Waals surface area contributed by atoms with E-state index in [0.717, 1.165) is 11.3 Å². The van der Waals surface area contributed by atoms with Crippen molar-refractivity contribution in [2.75, 3.05) is 44.2 Å². The fourth-order valence-electron chi connectivity index (χ4n) is 4.52. The molecule has 2 aliphatic heterocycles. The lowest BCUT2D eigenvalue weighted by Gasteiger charge is -2.45. The molecule has 1 aromatic carbocycles. The van der Waals surface area contributed by atoms with Gasteiger partial charge in [0, 0.05) is 44.5 Å². The topological polar surface area (TPSA) is 93.2 Å². The van der Waals surface area contributed by atoms with E-state index in [1.54, 1.807) is 17.5 Å². The number of aliphatic hydroxyl groups is 1. The number of halogens is 3. The Kier molecular flexibility index (Phi) is 7.41. The first-order valence-electron chi connectivity index (χ1n) is 11.5. The second kappa shape index (κ2) is 9.93. The second-order valence-corrected chi connectivity index (χ2v) is 12.5. The van der Waals surface area contributed by atoms with E-state index in [4.69, 9.17) is 0 Å². The predicted molar refractivity (Wildman–Crippen MR) is 130 cm³/mol. The maximum absolute atomic E-state index is 13.3. The van der Waals surface area contributed by atoms with Crippen molar-refractivity contribution in [3.8, 4) is 0 Å². The van der Waals surface area contributed by atoms with Crippen molar-refractivity contribution in [3.05, 3.63) is 47.3 Å². The Morgan fingerprint density at radius 1 is 1.17 bits per heavy atom. The number of sulfonamides is 1. The van der Waals surface area contributed by atoms with Gasteiger partial charge in [0.05, 0.1) is 12.6 Å². The van der Waals surface area contributed by atoms with E-state index < -0.39 is 21.8 Å². The molecule has 2 saturated heterocycles. The number of alkyl halides is 3. The number of nitrogens with one attached hydrogen (secondary N) is 1. The molecule has 36 heavy (non-hydrogen) atoms. The van der Waals surface area contributed by atoms with Crippen LogP contribution in [0.25, 0.3) is 0 Å². The van der Waals surface area contributed by atoms with Crippen LogP contribution in [0.15, 0.2) is 46.0 Å². The van der Waals surface area contributed by atoms with Gasteiger partial charge >= 0.3 is 6.18 Å². The Bertz CT molecular complexity index is 1170. The Morgan fingerprint density at radius 2 is 1.86 bits per heavy atom. The van der Waals surface area contributed by atoms with Crippen molar-refractivity contribution in [3.63, 3.8) is 0 Å². The van der Waals surface area contributed by atoms with Crippen LogP contribution in [0, 0.1) is 0 Å². The van der Waals surface area contributed by atoms with Gasteiger partial charge in [-0.25, -0.2) is 8.42 Å². The van der Waals surface area contributed by atoms with Crippen LogP contribution in [-0.4, -0.2) is 86.2 Å². The number of amides is 1. The molecule has 1 amide bonds. The van der Waals surface area contributed by atoms with Gasteiger partial charge in [-0.3, -0.25) is 9.69 Å². The van der Waals surface area contributed by atoms with E-state index in [1.165, 1.54) is 28.6 Å². The minimum Gasteiger partial charge on any atom is -0.376 e. The molecule has 2 aliphatic rings. The number of carbonyl (C=O) groups is 1. The fraction of sp³-hybridized carbons (Fsp3) is 0.522. The van der Waals surface area contributed by atoms with Crippen molar-refractivity contribution in [1.29, 1.82) is 0 Å². The molecule has 0 spiro atoms. The molecule has 0 unspecified atom stereocenters. The van der Waals surface area contributed by atoms with Crippen LogP contribution in [-0.2, 0) is 20.4 Å². The first kappa shape index (κ1) is 26.9. The van der Waals surface area contributed by atoms with Crippen LogP contribution in [0.5, 0.6) is 0 Å². The molecule has 4 rings (SSSR count). The number of nitrogens with zero attached hydrogens (tertiary/aromatic N) is 3. The molecule has 0 saturated carbocycles. The van der Waals surface area contributed by atoms with Crippen LogP contribution >= 0.6 is 11.3 Å². The summed E-state index contributed by atoms with van der Waals surface area (Å²) in [7, 11) is -3.70. The summed E-state index contributed by atoms with van der Waals surface area (Å²) in [5.74, 6) is -0.114. The third kappa shape index (κ3) is 5.25. The predicted octanol–water partition coefficient (Wildman–Crippen LogP) is 2.22. The van der Waals surface area contributed by atoms with E-state index in [9.17, 15) is 31.5 Å². The van der Waals surface area contributed by atoms with Crippen molar-refractivity contribution < 1.29 is 31.5 Å². The van der Waals surface area contributed by atoms with Gasteiger partial charge in [-0.1, -0.05) is 18.2 Å². The third-order valence-corrected chi connectivity index (χ3v) is 10.1. The number of rotatable bonds is 6. The molecule has 2 aromatic rings. The summed E-state index contributed by atoms with van der Waals surface area (Å²) in [6.45, 7) is 4.41. The standard InChI is InChI=1S/C23H29F3N4O4S2/c1-16-12-27-20(31)15-28(16)13-19-14-29(36(33,34)21-4-3-11-35-21)9-10-30(19)18-7-5-17(6-8-18)22(2,32)23(24,25)26/h3-8,11,16,19,32H,9-10,12-15H2,1-2H3,(H,27,31)/t16-,19-,22+/m0/s1. The Hall–Kier alpha value is -2.19. The Balaban J connectivity index is 1.61. The molecule has 2 N–H and O–H groups in total. The van der Waals surface area contributed by atoms with Gasteiger partial charge in [-0.15, -0.1) is 11.3 Å². The van der Waals surface area contributed by atoms with Gasteiger partial charge < -0.3 is 15.3 Å². The highest BCUT2D eigenvalue weighted by atomic mass is 32.2. The average Bonchev–Trinajstić information content (AvgIpc) is 3.37. The number of thiophene rings is 1. The summed E-state index contributed by atoms with van der Waals surface area (Å²) in [5.41, 5.74) is -2.66. The maximum atomic E-state index is 13.3. The van der Waals surface area contributed by atoms with Crippen LogP contribution in [0.3, 0.4) is 0 Å². The molecule has 3 heterocycles. The van der Waals surface area contributed by atoms with Gasteiger partial charge in [-0.05, 0) is 43.0 Å². The second-order valence-electron chi connectivity index (χ2n) is 9.34. The zero-order valence-electron chi connectivity index (χ0n) is 19.9. The summed E-state index contributed by atoms with van der Waals surface area (Å²) < 4.78 is 67.9. The molecule has 0 radical (unpaired) electrons. The normalized spacial score (nSPS) is 24.4. The smallest absolute Gasteiger partial charge is 0.376 e. The van der Waals surface area contributed by atoms with E-state index in [0.29, 0.717) is 32.2 Å². The van der Waals surface area contributed by atoms with Crippen molar-refractivity contribution in [2.45, 2.75) is 41.9 Å². The van der Waals surface area contributed by atoms with Gasteiger partial charge in [-0.2, -0.15) is 17.5 Å². The van der Waals surface area contributed by atoms with Gasteiger partial charge in [0.15, 0.2) is 5.60 Å². The Morgan fingerprint density at radius 3 is 2.47 bits per heavy atom. The van der Waals surface area contributed by atoms with Crippen LogP contribution in [0.1, 0.15) is 19.4 Å². The van der Waals surface area contributed by atoms with Gasteiger partial charge in [0.25, 0.3) is 10.0 Å². The molecule has 0 bridgehead atoms.